The molecule has 1 aromatic carbocycles. The molecule has 0 spiro atoms. The molecular formula is C47H81N15O9. The maximum Gasteiger partial charge on any atom is 0.326 e. The van der Waals surface area contributed by atoms with E-state index in [1.807, 2.05) is 44.2 Å². The normalized spacial score (nSPS) is 16.6. The molecule has 1 heterocycles. The molecule has 0 aromatic heterocycles. The van der Waals surface area contributed by atoms with E-state index in [1.54, 1.807) is 13.8 Å². The zero-order valence-corrected chi connectivity index (χ0v) is 42.0. The zero-order chi connectivity index (χ0) is 53.2. The number of nitrogens with one attached hydrogen (secondary N) is 6. The molecule has 2 rings (SSSR count). The van der Waals surface area contributed by atoms with Crippen LogP contribution in [0.1, 0.15) is 111 Å². The molecule has 1 fully saturated rings. The van der Waals surface area contributed by atoms with E-state index >= 15 is 0 Å². The minimum Gasteiger partial charge on any atom is -0.480 e. The average molecular weight is 1000 g/mol. The van der Waals surface area contributed by atoms with Crippen LogP contribution in [0, 0.1) is 11.8 Å². The third-order valence-electron chi connectivity index (χ3n) is 12.1. The van der Waals surface area contributed by atoms with Crippen molar-refractivity contribution in [1.29, 1.82) is 0 Å². The van der Waals surface area contributed by atoms with E-state index in [0.717, 1.165) is 5.56 Å². The third kappa shape index (κ3) is 22.0. The smallest absolute Gasteiger partial charge is 0.326 e. The Bertz CT molecular complexity index is 1960. The number of carboxylic acid groups (broad SMARTS) is 1. The van der Waals surface area contributed by atoms with Crippen LogP contribution in [-0.4, -0.2) is 144 Å². The highest BCUT2D eigenvalue weighted by Gasteiger charge is 2.40. The second kappa shape index (κ2) is 31.6. The highest BCUT2D eigenvalue weighted by atomic mass is 16.4. The second-order valence-electron chi connectivity index (χ2n) is 18.5. The van der Waals surface area contributed by atoms with E-state index in [2.05, 4.69) is 41.9 Å². The van der Waals surface area contributed by atoms with Gasteiger partial charge in [0.2, 0.25) is 41.4 Å². The number of hydrogen-bond donors (Lipinski definition) is 13. The van der Waals surface area contributed by atoms with Gasteiger partial charge in [0, 0.05) is 19.6 Å². The molecule has 71 heavy (non-hydrogen) atoms. The molecule has 24 nitrogen and oxygen atoms in total. The van der Waals surface area contributed by atoms with Crippen molar-refractivity contribution in [2.75, 3.05) is 26.2 Å². The topological polar surface area (TPSA) is 413 Å². The molecule has 1 aliphatic heterocycles. The van der Waals surface area contributed by atoms with Gasteiger partial charge in [-0.05, 0) is 101 Å². The minimum absolute atomic E-state index is 0.00469. The van der Waals surface area contributed by atoms with E-state index < -0.39 is 102 Å². The van der Waals surface area contributed by atoms with Crippen molar-refractivity contribution in [3.05, 3.63) is 35.9 Å². The fraction of sp³-hybridized carbons (Fsp3) is 0.660. The molecule has 0 radical (unpaired) electrons. The summed E-state index contributed by atoms with van der Waals surface area (Å²) in [6.45, 7) is 9.39. The number of carboxylic acids is 1. The van der Waals surface area contributed by atoms with Gasteiger partial charge in [0.25, 0.3) is 0 Å². The SMILES string of the molecule is CC[C@H](C)[C@H](NC(=O)[C@H](CCCN=C(N)N)NC(=O)[C@H](C)NC(=O)[C@H](CC(C)C)NC(=O)[C@@H](N)Cc1ccccc1)C(=O)N[C@@H](CCCN=C(N)N)C(=O)N1CCC[C@H]1C(=O)N[C@@H](CCCCN)C(=O)O. The molecule has 24 heteroatoms. The quantitative estimate of drug-likeness (QED) is 0.0209. The number of rotatable bonds is 32. The first kappa shape index (κ1) is 60.6. The Morgan fingerprint density at radius 3 is 1.82 bits per heavy atom. The van der Waals surface area contributed by atoms with Gasteiger partial charge in [0.1, 0.15) is 42.3 Å². The first-order chi connectivity index (χ1) is 33.6. The number of carbonyl (C=O) groups excluding carboxylic acids is 7. The van der Waals surface area contributed by atoms with Crippen molar-refractivity contribution in [2.24, 2.45) is 56.2 Å². The largest absolute Gasteiger partial charge is 0.480 e. The lowest BCUT2D eigenvalue weighted by molar-refractivity contribution is -0.145. The van der Waals surface area contributed by atoms with Crippen molar-refractivity contribution < 1.29 is 43.5 Å². The highest BCUT2D eigenvalue weighted by molar-refractivity contribution is 5.97. The highest BCUT2D eigenvalue weighted by Crippen LogP contribution is 2.21. The van der Waals surface area contributed by atoms with Crippen molar-refractivity contribution in [2.45, 2.75) is 160 Å². The summed E-state index contributed by atoms with van der Waals surface area (Å²) in [5, 5.41) is 25.9. The monoisotopic (exact) mass is 1000 g/mol. The molecule has 7 amide bonds. The molecule has 0 bridgehead atoms. The number of carbonyl (C=O) groups is 8. The van der Waals surface area contributed by atoms with Crippen molar-refractivity contribution >= 4 is 59.2 Å². The fourth-order valence-corrected chi connectivity index (χ4v) is 7.89. The Hall–Kier alpha value is -6.56. The summed E-state index contributed by atoms with van der Waals surface area (Å²) in [5.74, 6) is -6.81. The number of unbranched alkanes of at least 4 members (excludes halogenated alkanes) is 1. The van der Waals surface area contributed by atoms with Crippen LogP contribution in [0.3, 0.4) is 0 Å². The van der Waals surface area contributed by atoms with E-state index in [-0.39, 0.29) is 88.8 Å². The van der Waals surface area contributed by atoms with E-state index in [1.165, 1.54) is 11.8 Å². The molecule has 0 unspecified atom stereocenters. The van der Waals surface area contributed by atoms with Crippen LogP contribution >= 0.6 is 0 Å². The summed E-state index contributed by atoms with van der Waals surface area (Å²) in [5.41, 5.74) is 34.7. The lowest BCUT2D eigenvalue weighted by Crippen LogP contribution is -2.60. The summed E-state index contributed by atoms with van der Waals surface area (Å²) in [6, 6.07) is 0.0238. The molecule has 1 saturated heterocycles. The Kier molecular flexibility index (Phi) is 27.0. The van der Waals surface area contributed by atoms with Crippen molar-refractivity contribution in [3.63, 3.8) is 0 Å². The summed E-state index contributed by atoms with van der Waals surface area (Å²) in [4.78, 5) is 118. The van der Waals surface area contributed by atoms with Gasteiger partial charge in [0.15, 0.2) is 11.9 Å². The van der Waals surface area contributed by atoms with Gasteiger partial charge in [0.05, 0.1) is 6.04 Å². The number of guanidine groups is 2. The average Bonchev–Trinajstić information content (AvgIpc) is 3.82. The maximum absolute atomic E-state index is 14.3. The van der Waals surface area contributed by atoms with Gasteiger partial charge in [-0.2, -0.15) is 0 Å². The maximum atomic E-state index is 14.3. The van der Waals surface area contributed by atoms with Crippen LogP contribution in [-0.2, 0) is 44.8 Å². The standard InChI is InChI=1S/C47H81N15O9/c1-6-28(4)37(43(68)58-33(19-13-23-55-47(52)53)44(69)62-24-14-20-36(62)42(67)59-34(45(70)71)17-10-11-21-48)61-40(65)32(18-12-22-54-46(50)51)57-38(63)29(5)56-41(66)35(25-27(2)3)60-39(64)31(49)26-30-15-8-7-9-16-30/h7-9,15-16,27-29,31-37H,6,10-14,17-26,48-49H2,1-5H3,(H,56,66)(H,57,63)(H,58,68)(H,59,67)(H,60,64)(H,61,65)(H,70,71)(H4,50,51,54)(H4,52,53,55)/t28-,29-,31-,32-,33-,34-,35-,36-,37-/m0/s1. The van der Waals surface area contributed by atoms with Gasteiger partial charge in [-0.3, -0.25) is 43.5 Å². The molecule has 1 aromatic rings. The molecule has 398 valence electrons. The summed E-state index contributed by atoms with van der Waals surface area (Å²) >= 11 is 0. The molecular weight excluding hydrogens is 919 g/mol. The van der Waals surface area contributed by atoms with Crippen molar-refractivity contribution in [3.8, 4) is 0 Å². The van der Waals surface area contributed by atoms with Crippen LogP contribution in [0.15, 0.2) is 40.3 Å². The Morgan fingerprint density at radius 1 is 0.690 bits per heavy atom. The van der Waals surface area contributed by atoms with Gasteiger partial charge >= 0.3 is 5.97 Å². The number of aliphatic imine (C=N–C) groups is 2. The zero-order valence-electron chi connectivity index (χ0n) is 42.0. The van der Waals surface area contributed by atoms with Crippen molar-refractivity contribution in [1.82, 2.24) is 36.8 Å². The second-order valence-corrected chi connectivity index (χ2v) is 18.5. The van der Waals surface area contributed by atoms with Gasteiger partial charge < -0.3 is 76.3 Å². The first-order valence-electron chi connectivity index (χ1n) is 24.6. The van der Waals surface area contributed by atoms with Crippen LogP contribution in [0.5, 0.6) is 0 Å². The minimum atomic E-state index is -1.27. The Balaban J connectivity index is 2.34. The molecule has 1 aliphatic rings. The molecule has 19 N–H and O–H groups in total. The number of hydrogen-bond acceptors (Lipinski definition) is 12. The lowest BCUT2D eigenvalue weighted by Gasteiger charge is -2.32. The summed E-state index contributed by atoms with van der Waals surface area (Å²) in [7, 11) is 0. The fourth-order valence-electron chi connectivity index (χ4n) is 7.89. The number of amides is 7. The summed E-state index contributed by atoms with van der Waals surface area (Å²) < 4.78 is 0. The van der Waals surface area contributed by atoms with E-state index in [0.29, 0.717) is 32.2 Å². The predicted octanol–water partition coefficient (Wildman–Crippen LogP) is -2.11. The van der Waals surface area contributed by atoms with E-state index in [9.17, 15) is 43.5 Å². The van der Waals surface area contributed by atoms with Crippen LogP contribution in [0.2, 0.25) is 0 Å². The first-order valence-corrected chi connectivity index (χ1v) is 24.6. The van der Waals surface area contributed by atoms with Crippen LogP contribution in [0.4, 0.5) is 0 Å². The predicted molar refractivity (Wildman–Crippen MR) is 269 cm³/mol. The van der Waals surface area contributed by atoms with Gasteiger partial charge in [-0.15, -0.1) is 0 Å². The van der Waals surface area contributed by atoms with Gasteiger partial charge in [-0.25, -0.2) is 4.79 Å². The molecule has 0 aliphatic carbocycles. The van der Waals surface area contributed by atoms with E-state index in [4.69, 9.17) is 34.4 Å². The molecule has 0 saturated carbocycles. The van der Waals surface area contributed by atoms with Crippen LogP contribution in [0.25, 0.3) is 0 Å². The number of nitrogens with two attached hydrogens (primary N) is 6. The lowest BCUT2D eigenvalue weighted by atomic mass is 9.96. The number of aliphatic carboxylic acids is 1. The van der Waals surface area contributed by atoms with Crippen LogP contribution < -0.4 is 66.3 Å². The van der Waals surface area contributed by atoms with Gasteiger partial charge in [-0.1, -0.05) is 64.4 Å². The number of nitrogens with zero attached hydrogens (tertiary/aromatic N) is 3. The molecule has 9 atom stereocenters. The third-order valence-corrected chi connectivity index (χ3v) is 12.1. The Morgan fingerprint density at radius 2 is 1.25 bits per heavy atom. The number of benzene rings is 1. The Labute approximate surface area is 416 Å². The number of likely N-dealkylation sites (tertiary alicyclic amines) is 1. The summed E-state index contributed by atoms with van der Waals surface area (Å²) in [6.07, 6.45) is 3.19.